The first-order chi connectivity index (χ1) is 10.1. The smallest absolute Gasteiger partial charge is 0.183 e. The van der Waals surface area contributed by atoms with Gasteiger partial charge in [-0.3, -0.25) is 4.90 Å². The summed E-state index contributed by atoms with van der Waals surface area (Å²) in [6.07, 6.45) is 0. The second-order valence-corrected chi connectivity index (χ2v) is 9.44. The highest BCUT2D eigenvalue weighted by molar-refractivity contribution is 7.92. The summed E-state index contributed by atoms with van der Waals surface area (Å²) in [5.74, 6) is 0.146. The van der Waals surface area contributed by atoms with Crippen LogP contribution in [0.25, 0.3) is 0 Å². The molecule has 1 saturated heterocycles. The fourth-order valence-electron chi connectivity index (χ4n) is 3.59. The molecule has 3 nitrogen and oxygen atoms in total. The van der Waals surface area contributed by atoms with Crippen LogP contribution in [0.2, 0.25) is 0 Å². The molecule has 21 heavy (non-hydrogen) atoms. The summed E-state index contributed by atoms with van der Waals surface area (Å²) in [7, 11) is -3.14. The Kier molecular flexibility index (Phi) is 3.00. The molecule has 0 bridgehead atoms. The van der Waals surface area contributed by atoms with E-state index in [0.717, 1.165) is 18.7 Å². The lowest BCUT2D eigenvalue weighted by Crippen LogP contribution is -2.25. The highest BCUT2D eigenvalue weighted by Gasteiger charge is 2.49. The van der Waals surface area contributed by atoms with E-state index in [-0.39, 0.29) is 11.2 Å². The van der Waals surface area contributed by atoms with Gasteiger partial charge in [0.05, 0.1) is 10.1 Å². The maximum Gasteiger partial charge on any atom is 0.183 e. The van der Waals surface area contributed by atoms with Crippen LogP contribution in [0.15, 0.2) is 41.3 Å². The molecule has 2 aliphatic rings. The van der Waals surface area contributed by atoms with E-state index in [1.807, 2.05) is 18.2 Å². The maximum atomic E-state index is 12.6. The van der Waals surface area contributed by atoms with E-state index >= 15 is 0 Å². The van der Waals surface area contributed by atoms with Crippen LogP contribution in [0.4, 0.5) is 0 Å². The van der Waals surface area contributed by atoms with E-state index in [4.69, 9.17) is 0 Å². The summed E-state index contributed by atoms with van der Waals surface area (Å²) in [6, 6.07) is 11.8. The van der Waals surface area contributed by atoms with Crippen LogP contribution < -0.4 is 0 Å². The number of rotatable bonds is 2. The molecular formula is C16H17NO2S2. The summed E-state index contributed by atoms with van der Waals surface area (Å²) >= 11 is 1.80. The SMILES string of the molecule is Cc1ccc(CN2C[C@@H]3[C@@H](C2)c2ccccc2S3(=O)=O)s1. The van der Waals surface area contributed by atoms with Gasteiger partial charge < -0.3 is 0 Å². The number of hydrogen-bond donors (Lipinski definition) is 0. The molecule has 0 spiro atoms. The van der Waals surface area contributed by atoms with Crippen LogP contribution in [0.1, 0.15) is 21.2 Å². The van der Waals surface area contributed by atoms with Crippen molar-refractivity contribution >= 4 is 21.2 Å². The van der Waals surface area contributed by atoms with Gasteiger partial charge in [-0.05, 0) is 30.7 Å². The van der Waals surface area contributed by atoms with E-state index in [2.05, 4.69) is 24.0 Å². The van der Waals surface area contributed by atoms with Crippen LogP contribution >= 0.6 is 11.3 Å². The van der Waals surface area contributed by atoms with Gasteiger partial charge >= 0.3 is 0 Å². The molecule has 4 rings (SSSR count). The van der Waals surface area contributed by atoms with Gasteiger partial charge in [0.2, 0.25) is 0 Å². The lowest BCUT2D eigenvalue weighted by molar-refractivity contribution is 0.328. The minimum atomic E-state index is -3.14. The zero-order chi connectivity index (χ0) is 14.6. The molecule has 2 aromatic rings. The highest BCUT2D eigenvalue weighted by Crippen LogP contribution is 2.44. The molecule has 110 valence electrons. The van der Waals surface area contributed by atoms with Gasteiger partial charge in [-0.25, -0.2) is 8.42 Å². The Morgan fingerprint density at radius 2 is 2.00 bits per heavy atom. The third-order valence-electron chi connectivity index (χ3n) is 4.54. The first kappa shape index (κ1) is 13.5. The molecule has 2 aliphatic heterocycles. The van der Waals surface area contributed by atoms with Crippen LogP contribution in [-0.2, 0) is 16.4 Å². The molecule has 0 N–H and O–H groups in total. The lowest BCUT2D eigenvalue weighted by Gasteiger charge is -2.16. The summed E-state index contributed by atoms with van der Waals surface area (Å²) in [6.45, 7) is 4.47. The van der Waals surface area contributed by atoms with Crippen molar-refractivity contribution in [2.45, 2.75) is 29.5 Å². The largest absolute Gasteiger partial charge is 0.296 e. The van der Waals surface area contributed by atoms with E-state index in [0.29, 0.717) is 11.4 Å². The predicted molar refractivity (Wildman–Crippen MR) is 84.5 cm³/mol. The van der Waals surface area contributed by atoms with Crippen LogP contribution in [0, 0.1) is 6.92 Å². The molecular weight excluding hydrogens is 302 g/mol. The molecule has 0 aliphatic carbocycles. The van der Waals surface area contributed by atoms with E-state index in [1.165, 1.54) is 9.75 Å². The monoisotopic (exact) mass is 319 g/mol. The van der Waals surface area contributed by atoms with Crippen molar-refractivity contribution in [1.29, 1.82) is 0 Å². The number of benzene rings is 1. The van der Waals surface area contributed by atoms with Crippen LogP contribution in [-0.4, -0.2) is 31.7 Å². The first-order valence-electron chi connectivity index (χ1n) is 7.16. The standard InChI is InChI=1S/C16H17NO2S2/c1-11-6-7-12(20-11)8-17-9-14-13-4-2-3-5-15(13)21(18,19)16(14)10-17/h2-7,14,16H,8-10H2,1H3/t14-,16+/m0/s1. The summed E-state index contributed by atoms with van der Waals surface area (Å²) in [5, 5.41) is -0.254. The van der Waals surface area contributed by atoms with Gasteiger partial charge in [-0.15, -0.1) is 11.3 Å². The van der Waals surface area contributed by atoms with Gasteiger partial charge in [0.1, 0.15) is 0 Å². The van der Waals surface area contributed by atoms with Gasteiger partial charge in [0.25, 0.3) is 0 Å². The van der Waals surface area contributed by atoms with Crippen molar-refractivity contribution in [2.75, 3.05) is 13.1 Å². The summed E-state index contributed by atoms with van der Waals surface area (Å²) in [5.41, 5.74) is 1.02. The number of thiophene rings is 1. The van der Waals surface area contributed by atoms with Crippen molar-refractivity contribution in [1.82, 2.24) is 4.90 Å². The molecule has 0 saturated carbocycles. The van der Waals surface area contributed by atoms with E-state index < -0.39 is 9.84 Å². The molecule has 2 atom stereocenters. The summed E-state index contributed by atoms with van der Waals surface area (Å²) < 4.78 is 25.3. The fourth-order valence-corrected chi connectivity index (χ4v) is 6.74. The van der Waals surface area contributed by atoms with Crippen molar-refractivity contribution < 1.29 is 8.42 Å². The third-order valence-corrected chi connectivity index (χ3v) is 7.79. The second-order valence-electron chi connectivity index (χ2n) is 5.93. The Hall–Kier alpha value is -1.17. The number of fused-ring (bicyclic) bond motifs is 3. The van der Waals surface area contributed by atoms with Crippen molar-refractivity contribution in [3.8, 4) is 0 Å². The van der Waals surface area contributed by atoms with E-state index in [9.17, 15) is 8.42 Å². The zero-order valence-electron chi connectivity index (χ0n) is 11.8. The minimum Gasteiger partial charge on any atom is -0.296 e. The van der Waals surface area contributed by atoms with Crippen molar-refractivity contribution in [3.63, 3.8) is 0 Å². The first-order valence-corrected chi connectivity index (χ1v) is 9.52. The molecule has 5 heteroatoms. The Labute approximate surface area is 129 Å². The van der Waals surface area contributed by atoms with E-state index in [1.54, 1.807) is 17.4 Å². The van der Waals surface area contributed by atoms with Gasteiger partial charge in [-0.1, -0.05) is 18.2 Å². The average molecular weight is 319 g/mol. The molecule has 0 radical (unpaired) electrons. The Morgan fingerprint density at radius 3 is 2.76 bits per heavy atom. The average Bonchev–Trinajstić information content (AvgIpc) is 3.10. The number of aryl methyl sites for hydroxylation is 1. The second kappa shape index (κ2) is 4.66. The highest BCUT2D eigenvalue weighted by atomic mass is 32.2. The lowest BCUT2D eigenvalue weighted by atomic mass is 9.99. The van der Waals surface area contributed by atoms with Gasteiger partial charge in [0, 0.05) is 35.3 Å². The number of nitrogens with zero attached hydrogens (tertiary/aromatic N) is 1. The number of likely N-dealkylation sites (tertiary alicyclic amines) is 1. The zero-order valence-corrected chi connectivity index (χ0v) is 13.5. The topological polar surface area (TPSA) is 37.4 Å². The van der Waals surface area contributed by atoms with Crippen molar-refractivity contribution in [2.24, 2.45) is 0 Å². The van der Waals surface area contributed by atoms with Gasteiger partial charge in [-0.2, -0.15) is 0 Å². The summed E-state index contributed by atoms with van der Waals surface area (Å²) in [4.78, 5) is 5.47. The Morgan fingerprint density at radius 1 is 1.19 bits per heavy atom. The maximum absolute atomic E-state index is 12.6. The normalized spacial score (nSPS) is 26.7. The molecule has 1 fully saturated rings. The Balaban J connectivity index is 1.62. The number of hydrogen-bond acceptors (Lipinski definition) is 4. The molecule has 0 amide bonds. The van der Waals surface area contributed by atoms with Crippen molar-refractivity contribution in [3.05, 3.63) is 51.7 Å². The van der Waals surface area contributed by atoms with Gasteiger partial charge in [0.15, 0.2) is 9.84 Å². The Bertz CT molecular complexity index is 794. The molecule has 1 aromatic carbocycles. The quantitative estimate of drug-likeness (QED) is 0.854. The third kappa shape index (κ3) is 2.06. The molecule has 1 aromatic heterocycles. The number of sulfone groups is 1. The molecule has 0 unspecified atom stereocenters. The predicted octanol–water partition coefficient (Wildman–Crippen LogP) is 2.81. The fraction of sp³-hybridized carbons (Fsp3) is 0.375. The van der Waals surface area contributed by atoms with Crippen LogP contribution in [0.3, 0.4) is 0 Å². The van der Waals surface area contributed by atoms with Crippen LogP contribution in [0.5, 0.6) is 0 Å². The molecule has 3 heterocycles. The minimum absolute atomic E-state index is 0.146.